The van der Waals surface area contributed by atoms with Gasteiger partial charge < -0.3 is 15.0 Å². The summed E-state index contributed by atoms with van der Waals surface area (Å²) < 4.78 is 5.49. The molecule has 6 heteroatoms. The molecular weight excluding hydrogens is 312 g/mol. The van der Waals surface area contributed by atoms with E-state index in [2.05, 4.69) is 5.32 Å². The Morgan fingerprint density at radius 2 is 2.17 bits per heavy atom. The molecule has 23 heavy (non-hydrogen) atoms. The monoisotopic (exact) mass is 338 g/mol. The molecule has 1 aliphatic rings. The molecule has 128 valence electrons. The molecule has 1 amide bonds. The van der Waals surface area contributed by atoms with Crippen LogP contribution >= 0.6 is 11.3 Å². The predicted octanol–water partition coefficient (Wildman–Crippen LogP) is 3.31. The van der Waals surface area contributed by atoms with Crippen LogP contribution < -0.4 is 5.32 Å². The van der Waals surface area contributed by atoms with Gasteiger partial charge in [0.1, 0.15) is 5.60 Å². The van der Waals surface area contributed by atoms with Crippen molar-refractivity contribution in [2.45, 2.75) is 51.7 Å². The fourth-order valence-corrected chi connectivity index (χ4v) is 3.31. The Balaban J connectivity index is 1.84. The van der Waals surface area contributed by atoms with Gasteiger partial charge in [-0.05, 0) is 51.5 Å². The number of Topliss-reactive ketones (excluding diaryl/α,β-unsaturated/α-hetero) is 1. The van der Waals surface area contributed by atoms with E-state index in [0.717, 1.165) is 30.7 Å². The number of rotatable bonds is 5. The van der Waals surface area contributed by atoms with E-state index in [1.807, 2.05) is 38.3 Å². The second-order valence-electron chi connectivity index (χ2n) is 6.85. The Hall–Kier alpha value is -1.40. The predicted molar refractivity (Wildman–Crippen MR) is 92.1 cm³/mol. The number of thiophene rings is 1. The highest BCUT2D eigenvalue weighted by Crippen LogP contribution is 2.20. The zero-order valence-corrected chi connectivity index (χ0v) is 14.9. The maximum Gasteiger partial charge on any atom is 0.410 e. The number of carbonyl (C=O) groups is 2. The lowest BCUT2D eigenvalue weighted by Crippen LogP contribution is -2.50. The molecule has 0 radical (unpaired) electrons. The molecule has 1 atom stereocenters. The molecule has 1 aliphatic heterocycles. The average molecular weight is 338 g/mol. The van der Waals surface area contributed by atoms with Crippen molar-refractivity contribution in [3.63, 3.8) is 0 Å². The molecule has 1 N–H and O–H groups in total. The van der Waals surface area contributed by atoms with E-state index >= 15 is 0 Å². The average Bonchev–Trinajstić information content (AvgIpc) is 3.00. The van der Waals surface area contributed by atoms with Gasteiger partial charge in [-0.1, -0.05) is 6.07 Å². The molecule has 0 aromatic carbocycles. The van der Waals surface area contributed by atoms with E-state index in [9.17, 15) is 9.59 Å². The molecular formula is C17H26N2O3S. The molecule has 0 bridgehead atoms. The number of ketones is 1. The number of hydrogen-bond acceptors (Lipinski definition) is 5. The molecule has 1 saturated heterocycles. The summed E-state index contributed by atoms with van der Waals surface area (Å²) in [5.74, 6) is 0.0969. The van der Waals surface area contributed by atoms with Gasteiger partial charge in [-0.3, -0.25) is 4.79 Å². The van der Waals surface area contributed by atoms with Crippen LogP contribution in [0.4, 0.5) is 4.79 Å². The molecule has 0 unspecified atom stereocenters. The molecule has 0 aliphatic carbocycles. The summed E-state index contributed by atoms with van der Waals surface area (Å²) in [5, 5.41) is 5.10. The largest absolute Gasteiger partial charge is 0.444 e. The highest BCUT2D eigenvalue weighted by molar-refractivity contribution is 7.12. The maximum atomic E-state index is 12.3. The van der Waals surface area contributed by atoms with E-state index < -0.39 is 5.60 Å². The summed E-state index contributed by atoms with van der Waals surface area (Å²) in [6.07, 6.45) is 2.79. The van der Waals surface area contributed by atoms with Gasteiger partial charge in [0.2, 0.25) is 0 Å². The van der Waals surface area contributed by atoms with Gasteiger partial charge in [0.15, 0.2) is 5.78 Å². The second-order valence-corrected chi connectivity index (χ2v) is 7.80. The molecule has 2 heterocycles. The first-order valence-corrected chi connectivity index (χ1v) is 9.02. The Labute approximate surface area is 142 Å². The Morgan fingerprint density at radius 3 is 2.83 bits per heavy atom. The lowest BCUT2D eigenvalue weighted by molar-refractivity contribution is 0.0101. The summed E-state index contributed by atoms with van der Waals surface area (Å²) in [7, 11) is 0. The minimum atomic E-state index is -0.484. The van der Waals surface area contributed by atoms with Crippen molar-refractivity contribution < 1.29 is 14.3 Å². The Morgan fingerprint density at radius 1 is 1.39 bits per heavy atom. The number of amides is 1. The van der Waals surface area contributed by atoms with E-state index in [-0.39, 0.29) is 17.9 Å². The van der Waals surface area contributed by atoms with Gasteiger partial charge in [-0.25, -0.2) is 4.79 Å². The quantitative estimate of drug-likeness (QED) is 0.837. The van der Waals surface area contributed by atoms with Crippen molar-refractivity contribution in [1.82, 2.24) is 10.2 Å². The zero-order valence-electron chi connectivity index (χ0n) is 14.1. The summed E-state index contributed by atoms with van der Waals surface area (Å²) in [5.41, 5.74) is -0.484. The lowest BCUT2D eigenvalue weighted by Gasteiger charge is -2.36. The number of piperidine rings is 1. The first-order chi connectivity index (χ1) is 10.9. The van der Waals surface area contributed by atoms with Crippen LogP contribution in [-0.4, -0.2) is 48.1 Å². The molecule has 1 fully saturated rings. The van der Waals surface area contributed by atoms with Crippen LogP contribution in [0.2, 0.25) is 0 Å². The third-order valence-corrected chi connectivity index (χ3v) is 4.63. The number of ether oxygens (including phenoxy) is 1. The highest BCUT2D eigenvalue weighted by Gasteiger charge is 2.30. The fraction of sp³-hybridized carbons (Fsp3) is 0.647. The fourth-order valence-electron chi connectivity index (χ4n) is 2.65. The van der Waals surface area contributed by atoms with Crippen LogP contribution in [-0.2, 0) is 4.74 Å². The molecule has 0 spiro atoms. The van der Waals surface area contributed by atoms with Gasteiger partial charge in [-0.15, -0.1) is 11.3 Å². The van der Waals surface area contributed by atoms with Gasteiger partial charge >= 0.3 is 6.09 Å². The smallest absolute Gasteiger partial charge is 0.410 e. The van der Waals surface area contributed by atoms with Crippen molar-refractivity contribution in [2.24, 2.45) is 0 Å². The van der Waals surface area contributed by atoms with Crippen LogP contribution in [0.5, 0.6) is 0 Å². The molecule has 0 saturated carbocycles. The molecule has 1 aromatic heterocycles. The minimum Gasteiger partial charge on any atom is -0.444 e. The van der Waals surface area contributed by atoms with Crippen molar-refractivity contribution in [2.75, 3.05) is 19.6 Å². The van der Waals surface area contributed by atoms with Crippen LogP contribution in [0.25, 0.3) is 0 Å². The lowest BCUT2D eigenvalue weighted by atomic mass is 10.0. The Bertz CT molecular complexity index is 522. The summed E-state index contributed by atoms with van der Waals surface area (Å²) in [4.78, 5) is 26.9. The first-order valence-electron chi connectivity index (χ1n) is 8.14. The summed E-state index contributed by atoms with van der Waals surface area (Å²) in [6, 6.07) is 3.81. The number of nitrogens with zero attached hydrogens (tertiary/aromatic N) is 1. The van der Waals surface area contributed by atoms with Crippen molar-refractivity contribution in [3.8, 4) is 0 Å². The van der Waals surface area contributed by atoms with E-state index in [1.165, 1.54) is 11.3 Å². The van der Waals surface area contributed by atoms with E-state index in [4.69, 9.17) is 4.74 Å². The standard InChI is InChI=1S/C17H26N2O3S/c1-17(2,3)22-16(21)19-9-5-4-7-13(19)11-18-12-14(20)15-8-6-10-23-15/h6,8,10,13,18H,4-5,7,9,11-12H2,1-3H3/t13-/m1/s1. The van der Waals surface area contributed by atoms with Gasteiger partial charge in [-0.2, -0.15) is 0 Å². The topological polar surface area (TPSA) is 58.6 Å². The highest BCUT2D eigenvalue weighted by atomic mass is 32.1. The number of nitrogens with one attached hydrogen (secondary N) is 1. The molecule has 1 aromatic rings. The normalized spacial score (nSPS) is 18.7. The van der Waals surface area contributed by atoms with Crippen molar-refractivity contribution in [3.05, 3.63) is 22.4 Å². The van der Waals surface area contributed by atoms with Crippen LogP contribution in [0, 0.1) is 0 Å². The number of carbonyl (C=O) groups excluding carboxylic acids is 2. The Kier molecular flexibility index (Phi) is 6.18. The van der Waals surface area contributed by atoms with E-state index in [0.29, 0.717) is 13.1 Å². The summed E-state index contributed by atoms with van der Waals surface area (Å²) >= 11 is 1.45. The van der Waals surface area contributed by atoms with Gasteiger partial charge in [0.25, 0.3) is 0 Å². The minimum absolute atomic E-state index is 0.0923. The van der Waals surface area contributed by atoms with Crippen LogP contribution in [0.15, 0.2) is 17.5 Å². The van der Waals surface area contributed by atoms with Crippen molar-refractivity contribution >= 4 is 23.2 Å². The second kappa shape index (κ2) is 7.93. The summed E-state index contributed by atoms with van der Waals surface area (Å²) in [6.45, 7) is 7.28. The number of likely N-dealkylation sites (tertiary alicyclic amines) is 1. The number of hydrogen-bond donors (Lipinski definition) is 1. The van der Waals surface area contributed by atoms with Crippen molar-refractivity contribution in [1.29, 1.82) is 0 Å². The maximum absolute atomic E-state index is 12.3. The zero-order chi connectivity index (χ0) is 16.9. The van der Waals surface area contributed by atoms with E-state index in [1.54, 1.807) is 4.90 Å². The van der Waals surface area contributed by atoms with Crippen LogP contribution in [0.1, 0.15) is 49.7 Å². The third-order valence-electron chi connectivity index (χ3n) is 3.72. The van der Waals surface area contributed by atoms with Gasteiger partial charge in [0.05, 0.1) is 11.4 Å². The molecule has 2 rings (SSSR count). The van der Waals surface area contributed by atoms with Gasteiger partial charge in [0, 0.05) is 19.1 Å². The SMILES string of the molecule is CC(C)(C)OC(=O)N1CCCC[C@@H]1CNCC(=O)c1cccs1. The first kappa shape index (κ1) is 17.9. The third kappa shape index (κ3) is 5.62. The van der Waals surface area contributed by atoms with Crippen LogP contribution in [0.3, 0.4) is 0 Å². The molecule has 5 nitrogen and oxygen atoms in total.